The van der Waals surface area contributed by atoms with Crippen molar-refractivity contribution < 1.29 is 17.7 Å². The summed E-state index contributed by atoms with van der Waals surface area (Å²) in [5.74, 6) is 0. The van der Waals surface area contributed by atoms with Crippen molar-refractivity contribution in [1.29, 1.82) is 0 Å². The minimum atomic E-state index is 0.227. The highest BCUT2D eigenvalue weighted by Gasteiger charge is 2.49. The van der Waals surface area contributed by atoms with Gasteiger partial charge in [0.05, 0.1) is 0 Å². The standard InChI is InChI=1S/C68H88O4/c1-9-17-25-65(26-18-10-2)33-41-42(34-65)58-50-49-51-53-55-56-54-52(50)60(70-58)44-36-67(29-21-13-5,30-22-14-6)38-46(44)62(54)72-64(56)48-40-68(31-23-15-7,32-24-16-8)39-47(48)63(55)71-61(53)45-37-66(27-19-11-3,28-20-12-4)35-43(45)59(51)69-57(41)49/h9-40H2,1-8H3. The van der Waals surface area contributed by atoms with Gasteiger partial charge in [-0.15, -0.1) is 0 Å². The van der Waals surface area contributed by atoms with Crippen LogP contribution in [0, 0.1) is 21.7 Å². The lowest BCUT2D eigenvalue weighted by Gasteiger charge is -2.29. The van der Waals surface area contributed by atoms with Crippen LogP contribution in [-0.2, 0) is 51.4 Å². The van der Waals surface area contributed by atoms with Crippen LogP contribution in [0.3, 0.4) is 0 Å². The van der Waals surface area contributed by atoms with E-state index in [0.29, 0.717) is 0 Å². The highest BCUT2D eigenvalue weighted by atomic mass is 16.4. The van der Waals surface area contributed by atoms with Crippen LogP contribution in [0.4, 0.5) is 0 Å². The molecule has 0 N–H and O–H groups in total. The number of furan rings is 4. The predicted octanol–water partition coefficient (Wildman–Crippen LogP) is 21.5. The second-order valence-electron chi connectivity index (χ2n) is 26.1. The van der Waals surface area contributed by atoms with Crippen LogP contribution in [0.5, 0.6) is 0 Å². The van der Waals surface area contributed by atoms with Crippen LogP contribution in [0.1, 0.15) is 254 Å². The summed E-state index contributed by atoms with van der Waals surface area (Å²) in [6.07, 6.45) is 39.1. The topological polar surface area (TPSA) is 52.6 Å². The number of rotatable bonds is 24. The van der Waals surface area contributed by atoms with Gasteiger partial charge in [0.1, 0.15) is 44.7 Å². The van der Waals surface area contributed by atoms with Gasteiger partial charge in [-0.05, 0) is 124 Å². The summed E-state index contributed by atoms with van der Waals surface area (Å²) in [4.78, 5) is 0. The third-order valence-electron chi connectivity index (χ3n) is 21.2. The molecule has 0 bridgehead atoms. The summed E-state index contributed by atoms with van der Waals surface area (Å²) in [6, 6.07) is 0. The molecule has 0 saturated carbocycles. The number of fused-ring (bicyclic) bond motifs is 12. The largest absolute Gasteiger partial charge is 0.455 e. The van der Waals surface area contributed by atoms with Gasteiger partial charge < -0.3 is 17.7 Å². The van der Waals surface area contributed by atoms with Gasteiger partial charge in [0.2, 0.25) is 0 Å². The Bertz CT molecular complexity index is 2730. The van der Waals surface area contributed by atoms with Crippen molar-refractivity contribution >= 4 is 87.8 Å². The normalized spacial score (nSPS) is 18.8. The molecule has 0 saturated heterocycles. The minimum absolute atomic E-state index is 0.227. The van der Waals surface area contributed by atoms with Gasteiger partial charge in [-0.3, -0.25) is 0 Å². The molecule has 5 aromatic carbocycles. The van der Waals surface area contributed by atoms with E-state index in [-0.39, 0.29) is 21.7 Å². The lowest BCUT2D eigenvalue weighted by atomic mass is 9.76. The van der Waals surface area contributed by atoms with Crippen molar-refractivity contribution in [3.05, 3.63) is 44.5 Å². The van der Waals surface area contributed by atoms with E-state index in [0.717, 1.165) is 51.4 Å². The third kappa shape index (κ3) is 6.72. The molecule has 72 heavy (non-hydrogen) atoms. The van der Waals surface area contributed by atoms with Crippen LogP contribution in [0.15, 0.2) is 17.7 Å². The fourth-order valence-electron chi connectivity index (χ4n) is 17.5. The van der Waals surface area contributed by atoms with E-state index in [4.69, 9.17) is 17.7 Å². The quantitative estimate of drug-likeness (QED) is 0.0605. The molecular weight excluding hydrogens is 881 g/mol. The Labute approximate surface area is 430 Å². The molecule has 0 amide bonds. The molecule has 4 aliphatic rings. The van der Waals surface area contributed by atoms with Gasteiger partial charge in [0, 0.05) is 87.6 Å². The Balaban J connectivity index is 1.21. The number of hydrogen-bond donors (Lipinski definition) is 0. The number of unbranched alkanes of at least 4 members (excludes halogenated alkanes) is 8. The molecule has 0 atom stereocenters. The summed E-state index contributed by atoms with van der Waals surface area (Å²) < 4.78 is 31.9. The molecule has 4 aliphatic carbocycles. The second-order valence-corrected chi connectivity index (χ2v) is 26.1. The van der Waals surface area contributed by atoms with Gasteiger partial charge in [-0.2, -0.15) is 0 Å². The maximum Gasteiger partial charge on any atom is 0.139 e. The van der Waals surface area contributed by atoms with E-state index in [2.05, 4.69) is 55.4 Å². The Morgan fingerprint density at radius 2 is 0.347 bits per heavy atom. The first-order valence-corrected chi connectivity index (χ1v) is 30.8. The smallest absolute Gasteiger partial charge is 0.139 e. The van der Waals surface area contributed by atoms with E-state index in [1.807, 2.05) is 0 Å². The molecule has 4 heterocycles. The van der Waals surface area contributed by atoms with Crippen LogP contribution in [0.2, 0.25) is 0 Å². The zero-order valence-electron chi connectivity index (χ0n) is 46.3. The zero-order valence-corrected chi connectivity index (χ0v) is 46.3. The van der Waals surface area contributed by atoms with Crippen LogP contribution in [-0.4, -0.2) is 0 Å². The molecule has 4 nitrogen and oxygen atoms in total. The van der Waals surface area contributed by atoms with Crippen molar-refractivity contribution in [3.8, 4) is 0 Å². The van der Waals surface area contributed by atoms with E-state index in [1.165, 1.54) is 286 Å². The molecule has 4 heteroatoms. The average Bonchev–Trinajstić information content (AvgIpc) is 4.25. The van der Waals surface area contributed by atoms with Crippen molar-refractivity contribution in [3.63, 3.8) is 0 Å². The van der Waals surface area contributed by atoms with Gasteiger partial charge in [0.25, 0.3) is 0 Å². The fraction of sp³-hybridized carbons (Fsp3) is 0.647. The summed E-state index contributed by atoms with van der Waals surface area (Å²) >= 11 is 0. The van der Waals surface area contributed by atoms with E-state index in [9.17, 15) is 0 Å². The second kappa shape index (κ2) is 17.9. The zero-order chi connectivity index (χ0) is 49.3. The Morgan fingerprint density at radius 3 is 0.458 bits per heavy atom. The Kier molecular flexibility index (Phi) is 11.8. The number of benzene rings is 4. The molecule has 0 fully saturated rings. The fourth-order valence-corrected chi connectivity index (χ4v) is 17.5. The molecule has 0 aliphatic heterocycles. The van der Waals surface area contributed by atoms with Crippen molar-refractivity contribution in [1.82, 2.24) is 0 Å². The van der Waals surface area contributed by atoms with E-state index in [1.54, 1.807) is 0 Å². The molecule has 13 rings (SSSR count). The molecule has 0 spiro atoms. The van der Waals surface area contributed by atoms with Gasteiger partial charge in [-0.25, -0.2) is 0 Å². The van der Waals surface area contributed by atoms with E-state index < -0.39 is 0 Å². The van der Waals surface area contributed by atoms with Gasteiger partial charge >= 0.3 is 0 Å². The van der Waals surface area contributed by atoms with Gasteiger partial charge in [-0.1, -0.05) is 158 Å². The summed E-state index contributed by atoms with van der Waals surface area (Å²) in [7, 11) is 0. The lowest BCUT2D eigenvalue weighted by Crippen LogP contribution is -2.21. The molecule has 384 valence electrons. The number of hydrogen-bond acceptors (Lipinski definition) is 4. The summed E-state index contributed by atoms with van der Waals surface area (Å²) in [6.45, 7) is 19.1. The first kappa shape index (κ1) is 47.8. The Morgan fingerprint density at radius 1 is 0.222 bits per heavy atom. The van der Waals surface area contributed by atoms with Crippen molar-refractivity contribution in [2.75, 3.05) is 0 Å². The lowest BCUT2D eigenvalue weighted by molar-refractivity contribution is 0.240. The highest BCUT2D eigenvalue weighted by molar-refractivity contribution is 6.45. The summed E-state index contributed by atoms with van der Waals surface area (Å²) in [5, 5.41) is 10.8. The summed E-state index contributed by atoms with van der Waals surface area (Å²) in [5.41, 5.74) is 22.2. The molecule has 4 aromatic heterocycles. The molecule has 0 radical (unpaired) electrons. The maximum atomic E-state index is 7.97. The SMILES string of the molecule is CCCCC1(CCCC)Cc2c(c3oc4c5c(c6oc7c8c(c9oc%10c%11c(c%12oc2c2c3c4c6c7c9c%10c%122)CC(CCCC)(CCCC)C%11)CC(CCCC)(CCCC)C8)CC(CCCC)(CCCC)C5)C1. The predicted molar refractivity (Wildman–Crippen MR) is 305 cm³/mol. The first-order valence-electron chi connectivity index (χ1n) is 30.8. The van der Waals surface area contributed by atoms with Crippen LogP contribution >= 0.6 is 0 Å². The highest BCUT2D eigenvalue weighted by Crippen LogP contribution is 2.64. The van der Waals surface area contributed by atoms with Crippen molar-refractivity contribution in [2.24, 2.45) is 21.7 Å². The average molecular weight is 969 g/mol. The maximum absolute atomic E-state index is 7.97. The Hall–Kier alpha value is -3.92. The molecule has 9 aromatic rings. The van der Waals surface area contributed by atoms with E-state index >= 15 is 0 Å². The molecule has 0 unspecified atom stereocenters. The van der Waals surface area contributed by atoms with Gasteiger partial charge in [0.15, 0.2) is 0 Å². The molecular formula is C68H88O4. The van der Waals surface area contributed by atoms with Crippen LogP contribution in [0.25, 0.3) is 87.8 Å². The first-order chi connectivity index (χ1) is 35.2. The van der Waals surface area contributed by atoms with Crippen molar-refractivity contribution in [2.45, 2.75) is 261 Å². The monoisotopic (exact) mass is 969 g/mol. The third-order valence-corrected chi connectivity index (χ3v) is 21.2. The minimum Gasteiger partial charge on any atom is -0.455 e. The van der Waals surface area contributed by atoms with Crippen LogP contribution < -0.4 is 0 Å².